The molecule has 122 valence electrons. The molecular weight excluding hydrogens is 288 g/mol. The Bertz CT molecular complexity index is 794. The molecule has 2 aromatic heterocycles. The third-order valence-corrected chi connectivity index (χ3v) is 4.10. The van der Waals surface area contributed by atoms with Gasteiger partial charge in [0.25, 0.3) is 0 Å². The lowest BCUT2D eigenvalue weighted by atomic mass is 10.1. The van der Waals surface area contributed by atoms with Gasteiger partial charge in [-0.15, -0.1) is 0 Å². The van der Waals surface area contributed by atoms with E-state index in [-0.39, 0.29) is 0 Å². The molecule has 0 spiro atoms. The second kappa shape index (κ2) is 7.06. The summed E-state index contributed by atoms with van der Waals surface area (Å²) in [6.07, 6.45) is 4.09. The molecule has 2 heterocycles. The van der Waals surface area contributed by atoms with Crippen molar-refractivity contribution in [1.82, 2.24) is 20.0 Å². The fourth-order valence-electron chi connectivity index (χ4n) is 2.96. The number of para-hydroxylation sites is 1. The first-order chi connectivity index (χ1) is 11.2. The molecule has 0 saturated carbocycles. The van der Waals surface area contributed by atoms with Gasteiger partial charge in [-0.05, 0) is 24.8 Å². The molecule has 0 saturated heterocycles. The molecule has 0 aliphatic carbocycles. The maximum atomic E-state index is 4.87. The molecular formula is C18H24N4O. The van der Waals surface area contributed by atoms with Crippen LogP contribution in [-0.4, -0.2) is 28.2 Å². The Balaban J connectivity index is 1.99. The minimum Gasteiger partial charge on any atom is -0.330 e. The van der Waals surface area contributed by atoms with Crippen LogP contribution in [0.15, 0.2) is 30.6 Å². The number of unbranched alkanes of at least 4 members (excludes halogenated alkanes) is 1. The van der Waals surface area contributed by atoms with E-state index in [2.05, 4.69) is 47.1 Å². The van der Waals surface area contributed by atoms with Crippen molar-refractivity contribution in [3.8, 4) is 0 Å². The van der Waals surface area contributed by atoms with Crippen LogP contribution in [0, 0.1) is 0 Å². The summed E-state index contributed by atoms with van der Waals surface area (Å²) in [6, 6.07) is 8.33. The Morgan fingerprint density at radius 2 is 2.04 bits per heavy atom. The zero-order valence-electron chi connectivity index (χ0n) is 14.0. The van der Waals surface area contributed by atoms with Crippen LogP contribution in [0.3, 0.4) is 0 Å². The van der Waals surface area contributed by atoms with Gasteiger partial charge in [0.1, 0.15) is 5.52 Å². The predicted octanol–water partition coefficient (Wildman–Crippen LogP) is 3.64. The number of nitrogens with zero attached hydrogens (tertiary/aromatic N) is 3. The number of hydrogen-bond acceptors (Lipinski definition) is 4. The molecule has 3 rings (SSSR count). The van der Waals surface area contributed by atoms with Crippen LogP contribution in [0.2, 0.25) is 0 Å². The van der Waals surface area contributed by atoms with Gasteiger partial charge in [0.2, 0.25) is 0 Å². The lowest BCUT2D eigenvalue weighted by Gasteiger charge is -2.11. The Morgan fingerprint density at radius 3 is 2.83 bits per heavy atom. The van der Waals surface area contributed by atoms with Crippen molar-refractivity contribution in [2.24, 2.45) is 0 Å². The Morgan fingerprint density at radius 1 is 1.22 bits per heavy atom. The molecule has 0 atom stereocenters. The van der Waals surface area contributed by atoms with E-state index < -0.39 is 0 Å². The highest BCUT2D eigenvalue weighted by Gasteiger charge is 2.15. The van der Waals surface area contributed by atoms with Gasteiger partial charge in [-0.2, -0.15) is 0 Å². The van der Waals surface area contributed by atoms with Crippen molar-refractivity contribution in [1.29, 1.82) is 0 Å². The van der Waals surface area contributed by atoms with Gasteiger partial charge in [-0.1, -0.05) is 32.0 Å². The third-order valence-electron chi connectivity index (χ3n) is 4.10. The normalized spacial score (nSPS) is 11.8. The molecule has 0 bridgehead atoms. The number of aryl methyl sites for hydroxylation is 1. The lowest BCUT2D eigenvalue weighted by molar-refractivity contribution is 0.0904. The van der Waals surface area contributed by atoms with Gasteiger partial charge in [-0.3, -0.25) is 4.98 Å². The lowest BCUT2D eigenvalue weighted by Crippen LogP contribution is -2.13. The first kappa shape index (κ1) is 15.9. The summed E-state index contributed by atoms with van der Waals surface area (Å²) < 4.78 is 2.26. The monoisotopic (exact) mass is 312 g/mol. The van der Waals surface area contributed by atoms with Crippen LogP contribution in [0.5, 0.6) is 0 Å². The number of hydrogen-bond donors (Lipinski definition) is 1. The predicted molar refractivity (Wildman–Crippen MR) is 93.4 cm³/mol. The maximum Gasteiger partial charge on any atom is 0.111 e. The SMILES string of the molecule is CONCCCCn1cnc2c(C(C)C)nc3ccccc3c21. The highest BCUT2D eigenvalue weighted by Crippen LogP contribution is 2.29. The zero-order valence-corrected chi connectivity index (χ0v) is 14.0. The van der Waals surface area contributed by atoms with Crippen molar-refractivity contribution in [2.45, 2.75) is 39.2 Å². The van der Waals surface area contributed by atoms with Gasteiger partial charge in [-0.25, -0.2) is 10.5 Å². The summed E-state index contributed by atoms with van der Waals surface area (Å²) in [5, 5.41) is 1.18. The second-order valence-electron chi connectivity index (χ2n) is 6.11. The van der Waals surface area contributed by atoms with Crippen LogP contribution >= 0.6 is 0 Å². The number of fused-ring (bicyclic) bond motifs is 3. The van der Waals surface area contributed by atoms with Gasteiger partial charge < -0.3 is 9.40 Å². The minimum atomic E-state index is 0.358. The summed E-state index contributed by atoms with van der Waals surface area (Å²) in [5.74, 6) is 0.358. The van der Waals surface area contributed by atoms with Gasteiger partial charge in [0, 0.05) is 18.5 Å². The average Bonchev–Trinajstić information content (AvgIpc) is 2.98. The van der Waals surface area contributed by atoms with Crippen molar-refractivity contribution >= 4 is 21.9 Å². The van der Waals surface area contributed by atoms with E-state index in [0.29, 0.717) is 5.92 Å². The minimum absolute atomic E-state index is 0.358. The van der Waals surface area contributed by atoms with E-state index in [1.54, 1.807) is 7.11 Å². The quantitative estimate of drug-likeness (QED) is 0.534. The number of benzene rings is 1. The molecule has 1 N–H and O–H groups in total. The molecule has 3 aromatic rings. The smallest absolute Gasteiger partial charge is 0.111 e. The molecule has 0 fully saturated rings. The number of nitrogens with one attached hydrogen (secondary N) is 1. The maximum absolute atomic E-state index is 4.87. The number of aromatic nitrogens is 3. The molecule has 0 amide bonds. The Kier molecular flexibility index (Phi) is 4.88. The van der Waals surface area contributed by atoms with Crippen LogP contribution in [0.1, 0.15) is 38.3 Å². The number of hydroxylamine groups is 1. The van der Waals surface area contributed by atoms with Crippen molar-refractivity contribution in [2.75, 3.05) is 13.7 Å². The standard InChI is InChI=1S/C18H24N4O/c1-13(2)16-17-18(14-8-4-5-9-15(14)21-16)22(12-19-17)11-7-6-10-20-23-3/h4-5,8-9,12-13,20H,6-7,10-11H2,1-3H3. The molecule has 5 heteroatoms. The van der Waals surface area contributed by atoms with Gasteiger partial charge in [0.15, 0.2) is 0 Å². The number of rotatable bonds is 7. The van der Waals surface area contributed by atoms with Crippen molar-refractivity contribution < 1.29 is 4.84 Å². The molecule has 23 heavy (non-hydrogen) atoms. The van der Waals surface area contributed by atoms with E-state index in [9.17, 15) is 0 Å². The van der Waals surface area contributed by atoms with Crippen LogP contribution in [-0.2, 0) is 11.4 Å². The van der Waals surface area contributed by atoms with E-state index >= 15 is 0 Å². The van der Waals surface area contributed by atoms with E-state index in [4.69, 9.17) is 9.82 Å². The van der Waals surface area contributed by atoms with Gasteiger partial charge in [0.05, 0.1) is 30.2 Å². The largest absolute Gasteiger partial charge is 0.330 e. The summed E-state index contributed by atoms with van der Waals surface area (Å²) >= 11 is 0. The Hall–Kier alpha value is -1.98. The van der Waals surface area contributed by atoms with E-state index in [1.807, 2.05) is 12.4 Å². The van der Waals surface area contributed by atoms with Crippen LogP contribution in [0.4, 0.5) is 0 Å². The fourth-order valence-corrected chi connectivity index (χ4v) is 2.96. The highest BCUT2D eigenvalue weighted by molar-refractivity contribution is 6.03. The molecule has 1 aromatic carbocycles. The third kappa shape index (κ3) is 3.21. The summed E-state index contributed by atoms with van der Waals surface area (Å²) in [7, 11) is 1.65. The summed E-state index contributed by atoms with van der Waals surface area (Å²) in [6.45, 7) is 6.16. The topological polar surface area (TPSA) is 52.0 Å². The fraction of sp³-hybridized carbons (Fsp3) is 0.444. The van der Waals surface area contributed by atoms with Crippen LogP contribution in [0.25, 0.3) is 21.9 Å². The first-order valence-electron chi connectivity index (χ1n) is 8.21. The van der Waals surface area contributed by atoms with E-state index in [1.165, 1.54) is 10.9 Å². The molecule has 5 nitrogen and oxygen atoms in total. The molecule has 0 radical (unpaired) electrons. The molecule has 0 unspecified atom stereocenters. The zero-order chi connectivity index (χ0) is 16.2. The van der Waals surface area contributed by atoms with Crippen LogP contribution < -0.4 is 5.48 Å². The Labute approximate surface area is 136 Å². The van der Waals surface area contributed by atoms with Crippen molar-refractivity contribution in [3.05, 3.63) is 36.3 Å². The van der Waals surface area contributed by atoms with Crippen molar-refractivity contribution in [3.63, 3.8) is 0 Å². The highest BCUT2D eigenvalue weighted by atomic mass is 16.6. The molecule has 0 aliphatic heterocycles. The number of imidazole rings is 1. The average molecular weight is 312 g/mol. The molecule has 0 aliphatic rings. The van der Waals surface area contributed by atoms with Gasteiger partial charge >= 0.3 is 0 Å². The van der Waals surface area contributed by atoms with E-state index in [0.717, 1.165) is 42.7 Å². The first-order valence-corrected chi connectivity index (χ1v) is 8.21. The second-order valence-corrected chi connectivity index (χ2v) is 6.11. The summed E-state index contributed by atoms with van der Waals surface area (Å²) in [5.41, 5.74) is 7.26. The number of pyridine rings is 1. The summed E-state index contributed by atoms with van der Waals surface area (Å²) in [4.78, 5) is 14.4.